The van der Waals surface area contributed by atoms with Crippen LogP contribution in [0, 0.1) is 0 Å². The molecule has 0 spiro atoms. The van der Waals surface area contributed by atoms with Crippen molar-refractivity contribution in [2.75, 3.05) is 6.54 Å². The van der Waals surface area contributed by atoms with E-state index in [0.29, 0.717) is 19.4 Å². The van der Waals surface area contributed by atoms with Crippen molar-refractivity contribution in [1.82, 2.24) is 5.32 Å². The summed E-state index contributed by atoms with van der Waals surface area (Å²) in [5.41, 5.74) is 4.98. The first-order valence-electron chi connectivity index (χ1n) is 5.06. The third-order valence-electron chi connectivity index (χ3n) is 1.89. The van der Waals surface area contributed by atoms with E-state index in [4.69, 9.17) is 5.73 Å². The third-order valence-corrected chi connectivity index (χ3v) is 3.54. The summed E-state index contributed by atoms with van der Waals surface area (Å²) in [5.74, 6) is -0.516. The maximum atomic E-state index is 11.3. The van der Waals surface area contributed by atoms with Crippen molar-refractivity contribution in [3.8, 4) is 0 Å². The zero-order valence-corrected chi connectivity index (χ0v) is 11.5. The largest absolute Gasteiger partial charge is 0.370 e. The molecule has 1 aromatic rings. The molecule has 0 bridgehead atoms. The van der Waals surface area contributed by atoms with Crippen LogP contribution in [0.3, 0.4) is 0 Å². The molecule has 1 rings (SSSR count). The van der Waals surface area contributed by atoms with Gasteiger partial charge < -0.3 is 11.1 Å². The van der Waals surface area contributed by atoms with Gasteiger partial charge >= 0.3 is 0 Å². The van der Waals surface area contributed by atoms with E-state index in [2.05, 4.69) is 21.2 Å². The van der Waals surface area contributed by atoms with Crippen LogP contribution in [0.25, 0.3) is 6.08 Å². The van der Waals surface area contributed by atoms with E-state index in [1.54, 1.807) is 17.4 Å². The fourth-order valence-electron chi connectivity index (χ4n) is 1.11. The van der Waals surface area contributed by atoms with E-state index in [0.717, 1.165) is 9.35 Å². The zero-order chi connectivity index (χ0) is 12.7. The maximum absolute atomic E-state index is 11.3. The minimum atomic E-state index is -0.349. The molecule has 0 atom stereocenters. The van der Waals surface area contributed by atoms with Gasteiger partial charge in [-0.05, 0) is 34.5 Å². The molecule has 1 aromatic heterocycles. The zero-order valence-electron chi connectivity index (χ0n) is 9.11. The summed E-state index contributed by atoms with van der Waals surface area (Å²) in [4.78, 5) is 22.8. The Labute approximate surface area is 112 Å². The lowest BCUT2D eigenvalue weighted by Crippen LogP contribution is -2.23. The Morgan fingerprint density at radius 3 is 2.88 bits per heavy atom. The number of hydrogen-bond acceptors (Lipinski definition) is 3. The van der Waals surface area contributed by atoms with Gasteiger partial charge in [-0.1, -0.05) is 0 Å². The van der Waals surface area contributed by atoms with Crippen molar-refractivity contribution in [2.45, 2.75) is 12.8 Å². The lowest BCUT2D eigenvalue weighted by atomic mass is 10.3. The molecule has 0 aromatic carbocycles. The number of hydrogen-bond donors (Lipinski definition) is 2. The lowest BCUT2D eigenvalue weighted by Gasteiger charge is -1.99. The molecule has 0 saturated heterocycles. The van der Waals surface area contributed by atoms with E-state index in [1.807, 2.05) is 11.4 Å². The van der Waals surface area contributed by atoms with Crippen molar-refractivity contribution in [3.63, 3.8) is 0 Å². The van der Waals surface area contributed by atoms with Crippen LogP contribution in [0.2, 0.25) is 0 Å². The average Bonchev–Trinajstić information content (AvgIpc) is 2.67. The average molecular weight is 317 g/mol. The first kappa shape index (κ1) is 13.9. The molecule has 6 heteroatoms. The van der Waals surface area contributed by atoms with E-state index in [1.165, 1.54) is 6.08 Å². The summed E-state index contributed by atoms with van der Waals surface area (Å²) in [5, 5.41) is 4.62. The van der Waals surface area contributed by atoms with Gasteiger partial charge in [-0.2, -0.15) is 0 Å². The summed E-state index contributed by atoms with van der Waals surface area (Å²) in [6.07, 6.45) is 4.09. The van der Waals surface area contributed by atoms with Gasteiger partial charge in [0.15, 0.2) is 0 Å². The topological polar surface area (TPSA) is 72.2 Å². The smallest absolute Gasteiger partial charge is 0.244 e. The molecule has 0 aliphatic heterocycles. The molecule has 2 amide bonds. The summed E-state index contributed by atoms with van der Waals surface area (Å²) in [6, 6.07) is 1.93. The van der Waals surface area contributed by atoms with E-state index in [9.17, 15) is 9.59 Å². The predicted molar refractivity (Wildman–Crippen MR) is 72.5 cm³/mol. The van der Waals surface area contributed by atoms with Gasteiger partial charge in [-0.15, -0.1) is 11.3 Å². The van der Waals surface area contributed by atoms with Gasteiger partial charge in [0.05, 0.1) is 0 Å². The molecule has 0 saturated carbocycles. The first-order valence-corrected chi connectivity index (χ1v) is 6.73. The molecule has 17 heavy (non-hydrogen) atoms. The van der Waals surface area contributed by atoms with Crippen molar-refractivity contribution in [1.29, 1.82) is 0 Å². The van der Waals surface area contributed by atoms with Gasteiger partial charge in [0.1, 0.15) is 0 Å². The molecule has 4 nitrogen and oxygen atoms in total. The number of thiophene rings is 1. The van der Waals surface area contributed by atoms with Gasteiger partial charge in [-0.3, -0.25) is 9.59 Å². The summed E-state index contributed by atoms with van der Waals surface area (Å²) in [6.45, 7) is 0.459. The van der Waals surface area contributed by atoms with Crippen LogP contribution in [-0.4, -0.2) is 18.4 Å². The summed E-state index contributed by atoms with van der Waals surface area (Å²) in [7, 11) is 0. The molecule has 0 fully saturated rings. The summed E-state index contributed by atoms with van der Waals surface area (Å²) >= 11 is 4.89. The highest BCUT2D eigenvalue weighted by Gasteiger charge is 1.98. The van der Waals surface area contributed by atoms with Crippen LogP contribution in [0.5, 0.6) is 0 Å². The van der Waals surface area contributed by atoms with Gasteiger partial charge in [-0.25, -0.2) is 0 Å². The Hall–Kier alpha value is -1.14. The third kappa shape index (κ3) is 6.23. The molecule has 0 aliphatic rings. The van der Waals surface area contributed by atoms with Gasteiger partial charge in [0, 0.05) is 33.8 Å². The Morgan fingerprint density at radius 2 is 2.29 bits per heavy atom. The highest BCUT2D eigenvalue weighted by molar-refractivity contribution is 9.10. The fraction of sp³-hybridized carbons (Fsp3) is 0.273. The number of carbonyl (C=O) groups is 2. The maximum Gasteiger partial charge on any atom is 0.244 e. The van der Waals surface area contributed by atoms with E-state index in [-0.39, 0.29) is 11.8 Å². The van der Waals surface area contributed by atoms with Crippen LogP contribution in [0.4, 0.5) is 0 Å². The molecule has 0 radical (unpaired) electrons. The monoisotopic (exact) mass is 316 g/mol. The standard InChI is InChI=1S/C11H13BrN2O2S/c12-8-6-9(17-7-8)3-4-11(16)14-5-1-2-10(13)15/h3-4,6-7H,1-2,5H2,(H2,13,15)(H,14,16). The predicted octanol–water partition coefficient (Wildman–Crippen LogP) is 1.91. The first-order chi connectivity index (χ1) is 8.08. The second-order valence-electron chi connectivity index (χ2n) is 3.36. The Morgan fingerprint density at radius 1 is 1.53 bits per heavy atom. The second-order valence-corrected chi connectivity index (χ2v) is 5.22. The Balaban J connectivity index is 2.25. The lowest BCUT2D eigenvalue weighted by molar-refractivity contribution is -0.119. The van der Waals surface area contributed by atoms with Crippen LogP contribution in [0.1, 0.15) is 17.7 Å². The van der Waals surface area contributed by atoms with Crippen molar-refractivity contribution in [2.24, 2.45) is 5.73 Å². The van der Waals surface area contributed by atoms with Crippen molar-refractivity contribution < 1.29 is 9.59 Å². The SMILES string of the molecule is NC(=O)CCCNC(=O)C=Cc1cc(Br)cs1. The van der Waals surface area contributed by atoms with Crippen molar-refractivity contribution >= 4 is 45.2 Å². The van der Waals surface area contributed by atoms with E-state index >= 15 is 0 Å². The van der Waals surface area contributed by atoms with Crippen LogP contribution < -0.4 is 11.1 Å². The van der Waals surface area contributed by atoms with Gasteiger partial charge in [0.25, 0.3) is 0 Å². The van der Waals surface area contributed by atoms with Crippen molar-refractivity contribution in [3.05, 3.63) is 26.9 Å². The second kappa shape index (κ2) is 7.24. The number of halogens is 1. The number of amides is 2. The molecule has 0 unspecified atom stereocenters. The minimum Gasteiger partial charge on any atom is -0.370 e. The summed E-state index contributed by atoms with van der Waals surface area (Å²) < 4.78 is 1.00. The fourth-order valence-corrected chi connectivity index (χ4v) is 2.44. The minimum absolute atomic E-state index is 0.168. The highest BCUT2D eigenvalue weighted by atomic mass is 79.9. The number of nitrogens with two attached hydrogens (primary N) is 1. The number of carbonyl (C=O) groups excluding carboxylic acids is 2. The Bertz CT molecular complexity index is 429. The number of rotatable bonds is 6. The van der Waals surface area contributed by atoms with Crippen LogP contribution in [0.15, 0.2) is 22.0 Å². The van der Waals surface area contributed by atoms with Crippen LogP contribution >= 0.6 is 27.3 Å². The molecule has 0 aliphatic carbocycles. The number of primary amides is 1. The Kier molecular flexibility index (Phi) is 5.93. The molecular weight excluding hydrogens is 304 g/mol. The molecular formula is C11H13BrN2O2S. The quantitative estimate of drug-likeness (QED) is 0.621. The normalized spacial score (nSPS) is 10.6. The highest BCUT2D eigenvalue weighted by Crippen LogP contribution is 2.20. The van der Waals surface area contributed by atoms with E-state index < -0.39 is 0 Å². The molecule has 1 heterocycles. The van der Waals surface area contributed by atoms with Gasteiger partial charge in [0.2, 0.25) is 11.8 Å². The number of nitrogens with one attached hydrogen (secondary N) is 1. The molecule has 3 N–H and O–H groups in total. The molecule has 92 valence electrons. The van der Waals surface area contributed by atoms with Crippen LogP contribution in [-0.2, 0) is 9.59 Å².